The van der Waals surface area contributed by atoms with E-state index in [1.807, 2.05) is 6.07 Å². The summed E-state index contributed by atoms with van der Waals surface area (Å²) in [5.41, 5.74) is 1.73. The van der Waals surface area contributed by atoms with Gasteiger partial charge in [-0.1, -0.05) is 36.4 Å². The van der Waals surface area contributed by atoms with Crippen molar-refractivity contribution in [2.45, 2.75) is 26.0 Å². The largest absolute Gasteiger partial charge is 0.506 e. The van der Waals surface area contributed by atoms with Crippen LogP contribution < -0.4 is 10.6 Å². The van der Waals surface area contributed by atoms with E-state index in [-0.39, 0.29) is 30.2 Å². The molecular weight excluding hydrogens is 396 g/mol. The van der Waals surface area contributed by atoms with Crippen LogP contribution in [0.5, 0.6) is 5.75 Å². The Balaban J connectivity index is 2.04. The van der Waals surface area contributed by atoms with Gasteiger partial charge >= 0.3 is 6.09 Å². The summed E-state index contributed by atoms with van der Waals surface area (Å²) in [4.78, 5) is 24.7. The lowest BCUT2D eigenvalue weighted by Crippen LogP contribution is -2.45. The summed E-state index contributed by atoms with van der Waals surface area (Å²) < 4.78 is 28.1. The predicted octanol–water partition coefficient (Wildman–Crippen LogP) is 2.37. The van der Waals surface area contributed by atoms with E-state index in [1.165, 1.54) is 12.1 Å². The number of alkyl carbamates (subject to hydrolysis) is 1. The SMILES string of the molecule is Cc1ccc(NC(=O)C(CCS(C)(=O)=O)NC(=O)OCc2ccccc2)c(O)c1. The Morgan fingerprint density at radius 2 is 1.83 bits per heavy atom. The van der Waals surface area contributed by atoms with Crippen molar-refractivity contribution >= 4 is 27.5 Å². The predicted molar refractivity (Wildman–Crippen MR) is 109 cm³/mol. The number of hydrogen-bond acceptors (Lipinski definition) is 6. The highest BCUT2D eigenvalue weighted by Crippen LogP contribution is 2.24. The van der Waals surface area contributed by atoms with E-state index < -0.39 is 27.9 Å². The number of aromatic hydroxyl groups is 1. The molecule has 0 spiro atoms. The number of phenols is 1. The zero-order chi connectivity index (χ0) is 21.4. The molecule has 0 radical (unpaired) electrons. The van der Waals surface area contributed by atoms with E-state index >= 15 is 0 Å². The number of carbonyl (C=O) groups excluding carboxylic acids is 2. The molecule has 2 aromatic rings. The molecule has 2 aromatic carbocycles. The highest BCUT2D eigenvalue weighted by Gasteiger charge is 2.24. The first kappa shape index (κ1) is 22.2. The van der Waals surface area contributed by atoms with Crippen molar-refractivity contribution in [3.05, 3.63) is 59.7 Å². The first-order chi connectivity index (χ1) is 13.6. The van der Waals surface area contributed by atoms with Crippen molar-refractivity contribution < 1.29 is 27.9 Å². The Morgan fingerprint density at radius 1 is 1.14 bits per heavy atom. The van der Waals surface area contributed by atoms with Gasteiger partial charge in [-0.3, -0.25) is 4.79 Å². The molecule has 0 aliphatic heterocycles. The van der Waals surface area contributed by atoms with Crippen LogP contribution in [0.2, 0.25) is 0 Å². The third-order valence-corrected chi connectivity index (χ3v) is 4.99. The zero-order valence-electron chi connectivity index (χ0n) is 16.2. The van der Waals surface area contributed by atoms with Gasteiger partial charge in [0.25, 0.3) is 0 Å². The van der Waals surface area contributed by atoms with E-state index in [1.54, 1.807) is 37.3 Å². The van der Waals surface area contributed by atoms with Crippen LogP contribution >= 0.6 is 0 Å². The van der Waals surface area contributed by atoms with E-state index in [0.29, 0.717) is 0 Å². The van der Waals surface area contributed by atoms with Crippen molar-refractivity contribution in [2.24, 2.45) is 0 Å². The molecule has 0 aliphatic carbocycles. The summed E-state index contributed by atoms with van der Waals surface area (Å²) in [5.74, 6) is -1.10. The molecule has 0 aliphatic rings. The number of rotatable bonds is 8. The minimum Gasteiger partial charge on any atom is -0.506 e. The van der Waals surface area contributed by atoms with Gasteiger partial charge in [-0.15, -0.1) is 0 Å². The molecule has 29 heavy (non-hydrogen) atoms. The first-order valence-corrected chi connectivity index (χ1v) is 11.0. The van der Waals surface area contributed by atoms with Gasteiger partial charge in [0.1, 0.15) is 28.2 Å². The number of anilines is 1. The summed E-state index contributed by atoms with van der Waals surface area (Å²) >= 11 is 0. The van der Waals surface area contributed by atoms with Gasteiger partial charge in [-0.2, -0.15) is 0 Å². The summed E-state index contributed by atoms with van der Waals surface area (Å²) in [6, 6.07) is 12.5. The molecule has 8 nitrogen and oxygen atoms in total. The van der Waals surface area contributed by atoms with Crippen LogP contribution in [-0.2, 0) is 26.0 Å². The average Bonchev–Trinajstić information content (AvgIpc) is 2.65. The third kappa shape index (κ3) is 7.82. The molecule has 2 amide bonds. The van der Waals surface area contributed by atoms with Crippen LogP contribution in [0, 0.1) is 6.92 Å². The molecule has 0 saturated carbocycles. The van der Waals surface area contributed by atoms with Crippen molar-refractivity contribution in [2.75, 3.05) is 17.3 Å². The molecule has 0 fully saturated rings. The van der Waals surface area contributed by atoms with Gasteiger partial charge in [-0.05, 0) is 36.6 Å². The second kappa shape index (κ2) is 9.92. The zero-order valence-corrected chi connectivity index (χ0v) is 17.0. The lowest BCUT2D eigenvalue weighted by Gasteiger charge is -2.18. The van der Waals surface area contributed by atoms with Crippen LogP contribution in [0.15, 0.2) is 48.5 Å². The fraction of sp³-hybridized carbons (Fsp3) is 0.300. The summed E-state index contributed by atoms with van der Waals surface area (Å²) in [6.07, 6.45) is 0.0507. The normalized spacial score (nSPS) is 12.1. The lowest BCUT2D eigenvalue weighted by molar-refractivity contribution is -0.118. The van der Waals surface area contributed by atoms with Crippen LogP contribution in [0.25, 0.3) is 0 Å². The third-order valence-electron chi connectivity index (χ3n) is 4.01. The minimum absolute atomic E-state index is 0.00579. The Kier molecular flexibility index (Phi) is 7.60. The Bertz CT molecular complexity index is 960. The molecule has 1 unspecified atom stereocenters. The quantitative estimate of drug-likeness (QED) is 0.564. The van der Waals surface area contributed by atoms with Gasteiger partial charge in [-0.25, -0.2) is 13.2 Å². The monoisotopic (exact) mass is 420 g/mol. The second-order valence-corrected chi connectivity index (χ2v) is 8.95. The van der Waals surface area contributed by atoms with E-state index in [9.17, 15) is 23.1 Å². The average molecular weight is 420 g/mol. The maximum Gasteiger partial charge on any atom is 0.408 e. The number of amides is 2. The highest BCUT2D eigenvalue weighted by atomic mass is 32.2. The maximum atomic E-state index is 12.6. The molecule has 1 atom stereocenters. The van der Waals surface area contributed by atoms with Crippen molar-refractivity contribution in [3.63, 3.8) is 0 Å². The number of benzene rings is 2. The van der Waals surface area contributed by atoms with Crippen molar-refractivity contribution in [1.82, 2.24) is 5.32 Å². The van der Waals surface area contributed by atoms with Gasteiger partial charge in [0.15, 0.2) is 0 Å². The van der Waals surface area contributed by atoms with Crippen LogP contribution in [0.3, 0.4) is 0 Å². The van der Waals surface area contributed by atoms with E-state index in [4.69, 9.17) is 4.74 Å². The second-order valence-electron chi connectivity index (χ2n) is 6.69. The summed E-state index contributed by atoms with van der Waals surface area (Å²) in [7, 11) is -3.35. The number of sulfone groups is 1. The summed E-state index contributed by atoms with van der Waals surface area (Å²) in [6.45, 7) is 1.79. The molecule has 0 bridgehead atoms. The van der Waals surface area contributed by atoms with Gasteiger partial charge < -0.3 is 20.5 Å². The number of nitrogens with one attached hydrogen (secondary N) is 2. The molecule has 2 rings (SSSR count). The fourth-order valence-corrected chi connectivity index (χ4v) is 3.14. The molecule has 0 heterocycles. The van der Waals surface area contributed by atoms with Crippen molar-refractivity contribution in [3.8, 4) is 5.75 Å². The number of phenolic OH excluding ortho intramolecular Hbond substituents is 1. The molecule has 3 N–H and O–H groups in total. The highest BCUT2D eigenvalue weighted by molar-refractivity contribution is 7.90. The minimum atomic E-state index is -3.35. The van der Waals surface area contributed by atoms with Crippen LogP contribution in [0.1, 0.15) is 17.5 Å². The van der Waals surface area contributed by atoms with Crippen molar-refractivity contribution in [1.29, 1.82) is 0 Å². The lowest BCUT2D eigenvalue weighted by atomic mass is 10.1. The molecule has 0 aromatic heterocycles. The topological polar surface area (TPSA) is 122 Å². The van der Waals surface area contributed by atoms with E-state index in [2.05, 4.69) is 10.6 Å². The number of aryl methyl sites for hydroxylation is 1. The number of hydrogen-bond donors (Lipinski definition) is 3. The number of carbonyl (C=O) groups is 2. The van der Waals surface area contributed by atoms with Gasteiger partial charge in [0.05, 0.1) is 11.4 Å². The number of ether oxygens (including phenoxy) is 1. The van der Waals surface area contributed by atoms with Gasteiger partial charge in [0, 0.05) is 6.26 Å². The fourth-order valence-electron chi connectivity index (χ4n) is 2.48. The Labute approximate surface area is 169 Å². The molecular formula is C20H24N2O6S. The molecule has 9 heteroatoms. The first-order valence-electron chi connectivity index (χ1n) is 8.89. The van der Waals surface area contributed by atoms with Crippen LogP contribution in [0.4, 0.5) is 10.5 Å². The Hall–Kier alpha value is -3.07. The molecule has 156 valence electrons. The summed E-state index contributed by atoms with van der Waals surface area (Å²) in [5, 5.41) is 14.8. The standard InChI is InChI=1S/C20H24N2O6S/c1-14-8-9-16(18(23)12-14)21-19(24)17(10-11-29(2,26)27)22-20(25)28-13-15-6-4-3-5-7-15/h3-9,12,17,23H,10-11,13H2,1-2H3,(H,21,24)(H,22,25). The van der Waals surface area contributed by atoms with Crippen LogP contribution in [-0.4, -0.2) is 43.6 Å². The maximum absolute atomic E-state index is 12.6. The molecule has 0 saturated heterocycles. The van der Waals surface area contributed by atoms with Gasteiger partial charge in [0.2, 0.25) is 5.91 Å². The Morgan fingerprint density at radius 3 is 2.45 bits per heavy atom. The van der Waals surface area contributed by atoms with E-state index in [0.717, 1.165) is 17.4 Å². The smallest absolute Gasteiger partial charge is 0.408 e.